The molecule has 1 amide bonds. The molecule has 3 aromatic rings. The van der Waals surface area contributed by atoms with Crippen LogP contribution in [0.25, 0.3) is 11.3 Å². The Hall–Kier alpha value is -3.19. The maximum absolute atomic E-state index is 13.3. The van der Waals surface area contributed by atoms with E-state index in [4.69, 9.17) is 14.1 Å². The lowest BCUT2D eigenvalue weighted by molar-refractivity contribution is 0.0600. The highest BCUT2D eigenvalue weighted by atomic mass is 32.1. The minimum absolute atomic E-state index is 0.0225. The fourth-order valence-electron chi connectivity index (χ4n) is 4.97. The van der Waals surface area contributed by atoms with Crippen LogP contribution in [0.1, 0.15) is 81.9 Å². The summed E-state index contributed by atoms with van der Waals surface area (Å²) in [4.78, 5) is 31.0. The van der Waals surface area contributed by atoms with Gasteiger partial charge in [-0.15, -0.1) is 11.3 Å². The number of hydrogen-bond acceptors (Lipinski definition) is 6. The van der Waals surface area contributed by atoms with Gasteiger partial charge in [0.15, 0.2) is 0 Å². The van der Waals surface area contributed by atoms with Crippen molar-refractivity contribution in [3.05, 3.63) is 63.7 Å². The van der Waals surface area contributed by atoms with E-state index in [2.05, 4.69) is 5.32 Å². The molecule has 0 aliphatic heterocycles. The number of carbonyl (C=O) groups is 2. The van der Waals surface area contributed by atoms with Crippen LogP contribution in [0.3, 0.4) is 0 Å². The van der Waals surface area contributed by atoms with Gasteiger partial charge in [-0.25, -0.2) is 9.79 Å². The van der Waals surface area contributed by atoms with Gasteiger partial charge >= 0.3 is 5.97 Å². The third kappa shape index (κ3) is 5.25. The van der Waals surface area contributed by atoms with Crippen molar-refractivity contribution < 1.29 is 18.7 Å². The molecule has 0 bridgehead atoms. The molecule has 0 atom stereocenters. The Kier molecular flexibility index (Phi) is 7.13. The van der Waals surface area contributed by atoms with E-state index >= 15 is 0 Å². The zero-order valence-corrected chi connectivity index (χ0v) is 20.8. The first kappa shape index (κ1) is 23.5. The van der Waals surface area contributed by atoms with Gasteiger partial charge < -0.3 is 14.5 Å². The van der Waals surface area contributed by atoms with Gasteiger partial charge in [-0.2, -0.15) is 0 Å². The molecule has 0 unspecified atom stereocenters. The number of methoxy groups -OCH3 is 1. The number of aryl methyl sites for hydroxylation is 1. The fraction of sp³-hybridized carbons (Fsp3) is 0.393. The highest BCUT2D eigenvalue weighted by Crippen LogP contribution is 2.40. The molecule has 1 saturated carbocycles. The second kappa shape index (κ2) is 10.6. The fourth-order valence-corrected chi connectivity index (χ4v) is 6.20. The van der Waals surface area contributed by atoms with Crippen LogP contribution in [-0.4, -0.2) is 31.2 Å². The van der Waals surface area contributed by atoms with E-state index in [9.17, 15) is 9.59 Å². The molecule has 1 N–H and O–H groups in total. The first-order valence-electron chi connectivity index (χ1n) is 12.4. The van der Waals surface area contributed by atoms with Gasteiger partial charge in [0, 0.05) is 16.5 Å². The van der Waals surface area contributed by atoms with Crippen molar-refractivity contribution in [2.75, 3.05) is 7.11 Å². The second-order valence-corrected chi connectivity index (χ2v) is 10.3. The summed E-state index contributed by atoms with van der Waals surface area (Å²) in [7, 11) is 1.36. The predicted molar refractivity (Wildman–Crippen MR) is 138 cm³/mol. The van der Waals surface area contributed by atoms with Gasteiger partial charge in [-0.3, -0.25) is 4.79 Å². The number of fused-ring (bicyclic) bond motifs is 1. The first-order valence-corrected chi connectivity index (χ1v) is 13.2. The molecule has 35 heavy (non-hydrogen) atoms. The standard InChI is InChI=1S/C28H30N2O4S/c1-33-28(32)19-13-11-18(12-14-19)23-16-15-21(34-23)17-29-27-25(22-9-5-6-10-24(22)35-27)26(31)30-20-7-3-2-4-8-20/h11-17,20H,2-10H2,1H3,(H,30,31)/b29-17-. The van der Waals surface area contributed by atoms with Crippen LogP contribution >= 0.6 is 11.3 Å². The van der Waals surface area contributed by atoms with Crippen LogP contribution in [-0.2, 0) is 17.6 Å². The molecule has 0 radical (unpaired) electrons. The molecule has 0 spiro atoms. The minimum atomic E-state index is -0.370. The Labute approximate surface area is 209 Å². The molecule has 2 aliphatic carbocycles. The number of amides is 1. The van der Waals surface area contributed by atoms with E-state index in [0.717, 1.165) is 54.7 Å². The molecule has 1 aromatic carbocycles. The third-order valence-electron chi connectivity index (χ3n) is 6.85. The Balaban J connectivity index is 1.36. The molecular formula is C28H30N2O4S. The smallest absolute Gasteiger partial charge is 0.337 e. The summed E-state index contributed by atoms with van der Waals surface area (Å²) in [6, 6.07) is 11.1. The molecule has 5 rings (SSSR count). The number of nitrogens with zero attached hydrogens (tertiary/aromatic N) is 1. The summed E-state index contributed by atoms with van der Waals surface area (Å²) < 4.78 is 10.7. The van der Waals surface area contributed by atoms with Crippen molar-refractivity contribution in [3.8, 4) is 11.3 Å². The maximum Gasteiger partial charge on any atom is 0.337 e. The summed E-state index contributed by atoms with van der Waals surface area (Å²) >= 11 is 1.64. The Morgan fingerprint density at radius 1 is 1.03 bits per heavy atom. The lowest BCUT2D eigenvalue weighted by Crippen LogP contribution is -2.36. The van der Waals surface area contributed by atoms with E-state index in [1.54, 1.807) is 29.7 Å². The number of thiophene rings is 1. The second-order valence-electron chi connectivity index (χ2n) is 9.23. The van der Waals surface area contributed by atoms with Crippen molar-refractivity contribution in [2.24, 2.45) is 4.99 Å². The van der Waals surface area contributed by atoms with Crippen molar-refractivity contribution >= 4 is 34.4 Å². The van der Waals surface area contributed by atoms with Crippen LogP contribution in [0.4, 0.5) is 5.00 Å². The largest absolute Gasteiger partial charge is 0.465 e. The van der Waals surface area contributed by atoms with Gasteiger partial charge in [0.05, 0.1) is 24.5 Å². The quantitative estimate of drug-likeness (QED) is 0.316. The molecule has 7 heteroatoms. The number of furan rings is 1. The van der Waals surface area contributed by atoms with Crippen LogP contribution in [0, 0.1) is 0 Å². The number of aliphatic imine (C=N–C) groups is 1. The Morgan fingerprint density at radius 2 is 1.80 bits per heavy atom. The molecule has 2 aromatic heterocycles. The maximum atomic E-state index is 13.3. The van der Waals surface area contributed by atoms with E-state index in [-0.39, 0.29) is 17.9 Å². The number of ether oxygens (including phenoxy) is 1. The molecular weight excluding hydrogens is 460 g/mol. The molecule has 2 aliphatic rings. The van der Waals surface area contributed by atoms with Crippen molar-refractivity contribution in [2.45, 2.75) is 63.8 Å². The summed E-state index contributed by atoms with van der Waals surface area (Å²) in [6.07, 6.45) is 11.7. The highest BCUT2D eigenvalue weighted by molar-refractivity contribution is 7.16. The third-order valence-corrected chi connectivity index (χ3v) is 8.05. The SMILES string of the molecule is COC(=O)c1ccc(-c2ccc(/C=N\c3sc4c(c3C(=O)NC3CCCCC3)CCCC4)o2)cc1. The van der Waals surface area contributed by atoms with Crippen molar-refractivity contribution in [3.63, 3.8) is 0 Å². The molecule has 1 fully saturated rings. The van der Waals surface area contributed by atoms with Crippen molar-refractivity contribution in [1.29, 1.82) is 0 Å². The zero-order valence-electron chi connectivity index (χ0n) is 20.0. The van der Waals surface area contributed by atoms with Gasteiger partial charge in [0.25, 0.3) is 5.91 Å². The van der Waals surface area contributed by atoms with E-state index in [1.165, 1.54) is 36.8 Å². The molecule has 0 saturated heterocycles. The topological polar surface area (TPSA) is 80.9 Å². The average molecular weight is 491 g/mol. The number of esters is 1. The molecule has 2 heterocycles. The lowest BCUT2D eigenvalue weighted by atomic mass is 9.93. The van der Waals surface area contributed by atoms with Gasteiger partial charge in [0.1, 0.15) is 16.5 Å². The summed E-state index contributed by atoms with van der Waals surface area (Å²) in [6.45, 7) is 0. The Bertz CT molecular complexity index is 1230. The molecule has 6 nitrogen and oxygen atoms in total. The molecule has 182 valence electrons. The van der Waals surface area contributed by atoms with Gasteiger partial charge in [-0.05, 0) is 68.4 Å². The summed E-state index contributed by atoms with van der Waals surface area (Å²) in [5.74, 6) is 0.950. The van der Waals surface area contributed by atoms with E-state index in [0.29, 0.717) is 17.1 Å². The summed E-state index contributed by atoms with van der Waals surface area (Å²) in [5.41, 5.74) is 3.30. The van der Waals surface area contributed by atoms with Crippen LogP contribution < -0.4 is 5.32 Å². The predicted octanol–water partition coefficient (Wildman–Crippen LogP) is 6.49. The minimum Gasteiger partial charge on any atom is -0.465 e. The number of carbonyl (C=O) groups excluding carboxylic acids is 2. The first-order chi connectivity index (χ1) is 17.1. The van der Waals surface area contributed by atoms with E-state index < -0.39 is 0 Å². The normalized spacial score (nSPS) is 16.3. The average Bonchev–Trinajstić information content (AvgIpc) is 3.52. The number of benzene rings is 1. The van der Waals surface area contributed by atoms with Crippen molar-refractivity contribution in [1.82, 2.24) is 5.32 Å². The Morgan fingerprint density at radius 3 is 2.57 bits per heavy atom. The highest BCUT2D eigenvalue weighted by Gasteiger charge is 2.27. The van der Waals surface area contributed by atoms with Crippen LogP contribution in [0.5, 0.6) is 0 Å². The summed E-state index contributed by atoms with van der Waals surface area (Å²) in [5, 5.41) is 4.06. The van der Waals surface area contributed by atoms with Crippen LogP contribution in [0.15, 0.2) is 45.8 Å². The van der Waals surface area contributed by atoms with E-state index in [1.807, 2.05) is 24.3 Å². The lowest BCUT2D eigenvalue weighted by Gasteiger charge is -2.23. The number of hydrogen-bond donors (Lipinski definition) is 1. The van der Waals surface area contributed by atoms with Gasteiger partial charge in [-0.1, -0.05) is 31.4 Å². The zero-order chi connectivity index (χ0) is 24.2. The van der Waals surface area contributed by atoms with Crippen LogP contribution in [0.2, 0.25) is 0 Å². The number of rotatable bonds is 6. The number of nitrogens with one attached hydrogen (secondary N) is 1. The monoisotopic (exact) mass is 490 g/mol. The van der Waals surface area contributed by atoms with Gasteiger partial charge in [0.2, 0.25) is 0 Å².